The molecule has 1 atom stereocenters. The fourth-order valence-electron chi connectivity index (χ4n) is 2.54. The van der Waals surface area contributed by atoms with E-state index in [0.29, 0.717) is 11.3 Å². The van der Waals surface area contributed by atoms with Crippen molar-refractivity contribution in [1.29, 1.82) is 0 Å². The maximum atomic E-state index is 12.6. The number of thiazole rings is 1. The molecule has 0 saturated heterocycles. The molecule has 3 aromatic rings. The number of aromatic nitrogens is 1. The maximum absolute atomic E-state index is 12.6. The Morgan fingerprint density at radius 3 is 2.58 bits per heavy atom. The maximum Gasteiger partial charge on any atom is 0.340 e. The highest BCUT2D eigenvalue weighted by atomic mass is 32.2. The molecule has 0 aliphatic rings. The Bertz CT molecular complexity index is 1030. The highest BCUT2D eigenvalue weighted by molar-refractivity contribution is 7.98. The minimum atomic E-state index is -1.13. The van der Waals surface area contributed by atoms with E-state index in [1.54, 1.807) is 17.6 Å². The Hall–Kier alpha value is -3.17. The Morgan fingerprint density at radius 1 is 1.10 bits per heavy atom. The lowest BCUT2D eigenvalue weighted by Crippen LogP contribution is -2.44. The van der Waals surface area contributed by atoms with Crippen molar-refractivity contribution >= 4 is 41.0 Å². The van der Waals surface area contributed by atoms with E-state index in [9.17, 15) is 14.4 Å². The number of esters is 1. The Morgan fingerprint density at radius 2 is 1.84 bits per heavy atom. The van der Waals surface area contributed by atoms with Gasteiger partial charge in [0.25, 0.3) is 5.91 Å². The zero-order valence-electron chi connectivity index (χ0n) is 16.7. The molecule has 0 saturated carbocycles. The molecule has 0 aliphatic heterocycles. The van der Waals surface area contributed by atoms with Crippen molar-refractivity contribution in [2.75, 3.05) is 0 Å². The molecule has 2 aromatic carbocycles. The average Bonchev–Trinajstić information content (AvgIpc) is 3.31. The Balaban J connectivity index is 1.51. The molecule has 2 N–H and O–H groups in total. The quantitative estimate of drug-likeness (QED) is 0.394. The van der Waals surface area contributed by atoms with Gasteiger partial charge in [0.2, 0.25) is 0 Å². The van der Waals surface area contributed by atoms with E-state index < -0.39 is 24.0 Å². The van der Waals surface area contributed by atoms with Crippen LogP contribution in [0.3, 0.4) is 0 Å². The van der Waals surface area contributed by atoms with Gasteiger partial charge in [0.15, 0.2) is 6.10 Å². The van der Waals surface area contributed by atoms with Gasteiger partial charge in [0.05, 0.1) is 16.8 Å². The summed E-state index contributed by atoms with van der Waals surface area (Å²) in [4.78, 5) is 41.8. The number of imide groups is 1. The minimum absolute atomic E-state index is 0.276. The van der Waals surface area contributed by atoms with Crippen LogP contribution in [0.4, 0.5) is 4.79 Å². The molecule has 1 aromatic heterocycles. The van der Waals surface area contributed by atoms with Crippen LogP contribution in [0.2, 0.25) is 0 Å². The molecule has 0 bridgehead atoms. The van der Waals surface area contributed by atoms with E-state index in [2.05, 4.69) is 15.6 Å². The van der Waals surface area contributed by atoms with E-state index in [1.165, 1.54) is 30.0 Å². The van der Waals surface area contributed by atoms with Gasteiger partial charge in [0, 0.05) is 22.6 Å². The number of hydrogen-bond acceptors (Lipinski definition) is 7. The van der Waals surface area contributed by atoms with E-state index in [0.717, 1.165) is 16.2 Å². The van der Waals surface area contributed by atoms with Crippen molar-refractivity contribution < 1.29 is 19.1 Å². The fourth-order valence-corrected chi connectivity index (χ4v) is 4.14. The minimum Gasteiger partial charge on any atom is -0.449 e. The second-order valence-corrected chi connectivity index (χ2v) is 8.21. The van der Waals surface area contributed by atoms with Gasteiger partial charge >= 0.3 is 12.0 Å². The van der Waals surface area contributed by atoms with Gasteiger partial charge in [-0.05, 0) is 24.6 Å². The van der Waals surface area contributed by atoms with E-state index in [-0.39, 0.29) is 6.54 Å². The molecule has 0 aliphatic carbocycles. The summed E-state index contributed by atoms with van der Waals surface area (Å²) >= 11 is 2.97. The number of hydrogen-bond donors (Lipinski definition) is 2. The predicted octanol–water partition coefficient (Wildman–Crippen LogP) is 4.01. The number of carbonyl (C=O) groups excluding carboxylic acids is 3. The first kappa shape index (κ1) is 22.5. The van der Waals surface area contributed by atoms with Crippen LogP contribution in [-0.2, 0) is 21.8 Å². The number of ether oxygens (including phenoxy) is 1. The van der Waals surface area contributed by atoms with E-state index in [4.69, 9.17) is 4.74 Å². The normalized spacial score (nSPS) is 11.4. The van der Waals surface area contributed by atoms with Crippen LogP contribution >= 0.6 is 23.1 Å². The predicted molar refractivity (Wildman–Crippen MR) is 120 cm³/mol. The third-order valence-electron chi connectivity index (χ3n) is 4.15. The summed E-state index contributed by atoms with van der Waals surface area (Å²) in [7, 11) is 0. The van der Waals surface area contributed by atoms with Crippen molar-refractivity contribution in [3.05, 3.63) is 82.3 Å². The summed E-state index contributed by atoms with van der Waals surface area (Å²) < 4.78 is 5.28. The lowest BCUT2D eigenvalue weighted by Gasteiger charge is -2.15. The lowest BCUT2D eigenvalue weighted by atomic mass is 10.2. The Kier molecular flexibility index (Phi) is 8.19. The number of thioether (sulfide) groups is 1. The van der Waals surface area contributed by atoms with Crippen LogP contribution in [0.15, 0.2) is 70.4 Å². The number of urea groups is 1. The largest absolute Gasteiger partial charge is 0.449 e. The van der Waals surface area contributed by atoms with Gasteiger partial charge in [-0.2, -0.15) is 0 Å². The number of benzene rings is 2. The molecule has 1 unspecified atom stereocenters. The zero-order valence-corrected chi connectivity index (χ0v) is 18.4. The third kappa shape index (κ3) is 6.94. The molecule has 3 amide bonds. The standard InChI is InChI=1S/C22H21N3O4S2/c1-15(20(26)25-22(28)23-11-16-7-3-2-4-8-16)29-21(27)18-9-5-6-10-19(18)31-13-17-12-30-14-24-17/h2-10,12,14-15H,11,13H2,1H3,(H2,23,25,26,28). The average molecular weight is 456 g/mol. The van der Waals surface area contributed by atoms with E-state index in [1.807, 2.05) is 47.8 Å². The van der Waals surface area contributed by atoms with Crippen molar-refractivity contribution in [3.63, 3.8) is 0 Å². The number of nitrogens with one attached hydrogen (secondary N) is 2. The highest BCUT2D eigenvalue weighted by Crippen LogP contribution is 2.27. The summed E-state index contributed by atoms with van der Waals surface area (Å²) in [6.07, 6.45) is -1.13. The zero-order chi connectivity index (χ0) is 22.1. The lowest BCUT2D eigenvalue weighted by molar-refractivity contribution is -0.127. The first-order valence-corrected chi connectivity index (χ1v) is 11.4. The van der Waals surface area contributed by atoms with E-state index >= 15 is 0 Å². The molecule has 1 heterocycles. The van der Waals surface area contributed by atoms with Crippen LogP contribution in [0.5, 0.6) is 0 Å². The molecule has 31 heavy (non-hydrogen) atoms. The summed E-state index contributed by atoms with van der Waals surface area (Å²) in [5, 5.41) is 6.72. The second kappa shape index (κ2) is 11.3. The summed E-state index contributed by atoms with van der Waals surface area (Å²) in [6.45, 7) is 1.69. The summed E-state index contributed by atoms with van der Waals surface area (Å²) in [5.41, 5.74) is 3.94. The molecular formula is C22H21N3O4S2. The van der Waals surface area contributed by atoms with Gasteiger partial charge in [-0.1, -0.05) is 42.5 Å². The number of rotatable bonds is 8. The molecule has 160 valence electrons. The summed E-state index contributed by atoms with van der Waals surface area (Å²) in [5.74, 6) is -0.717. The van der Waals surface area contributed by atoms with Crippen LogP contribution in [0.1, 0.15) is 28.5 Å². The SMILES string of the molecule is CC(OC(=O)c1ccccc1SCc1cscn1)C(=O)NC(=O)NCc1ccccc1. The van der Waals surface area contributed by atoms with Crippen molar-refractivity contribution in [3.8, 4) is 0 Å². The van der Waals surface area contributed by atoms with Gasteiger partial charge in [-0.3, -0.25) is 10.1 Å². The number of amides is 3. The van der Waals surface area contributed by atoms with Crippen LogP contribution in [0, 0.1) is 0 Å². The van der Waals surface area contributed by atoms with Crippen LogP contribution < -0.4 is 10.6 Å². The molecule has 3 rings (SSSR count). The molecule has 9 heteroatoms. The first-order chi connectivity index (χ1) is 15.0. The van der Waals surface area contributed by atoms with Crippen molar-refractivity contribution in [1.82, 2.24) is 15.6 Å². The number of nitrogens with zero attached hydrogens (tertiary/aromatic N) is 1. The molecule has 0 radical (unpaired) electrons. The molecule has 7 nitrogen and oxygen atoms in total. The smallest absolute Gasteiger partial charge is 0.340 e. The third-order valence-corrected chi connectivity index (χ3v) is 5.89. The molecular weight excluding hydrogens is 434 g/mol. The monoisotopic (exact) mass is 455 g/mol. The van der Waals surface area contributed by atoms with Crippen LogP contribution in [0.25, 0.3) is 0 Å². The van der Waals surface area contributed by atoms with Gasteiger partial charge in [-0.15, -0.1) is 23.1 Å². The topological polar surface area (TPSA) is 97.4 Å². The first-order valence-electron chi connectivity index (χ1n) is 9.45. The molecule has 0 spiro atoms. The highest BCUT2D eigenvalue weighted by Gasteiger charge is 2.22. The van der Waals surface area contributed by atoms with Gasteiger partial charge < -0.3 is 10.1 Å². The fraction of sp³-hybridized carbons (Fsp3) is 0.182. The van der Waals surface area contributed by atoms with Crippen molar-refractivity contribution in [2.45, 2.75) is 30.2 Å². The summed E-state index contributed by atoms with van der Waals surface area (Å²) in [6, 6.07) is 15.7. The molecule has 0 fully saturated rings. The van der Waals surface area contributed by atoms with Gasteiger partial charge in [0.1, 0.15) is 0 Å². The van der Waals surface area contributed by atoms with Gasteiger partial charge in [-0.25, -0.2) is 14.6 Å². The second-order valence-electron chi connectivity index (χ2n) is 6.47. The number of carbonyl (C=O) groups is 3. The van der Waals surface area contributed by atoms with Crippen LogP contribution in [-0.4, -0.2) is 29.0 Å². The Labute approximate surface area is 188 Å². The van der Waals surface area contributed by atoms with Crippen molar-refractivity contribution in [2.24, 2.45) is 0 Å².